The van der Waals surface area contributed by atoms with Gasteiger partial charge in [0.15, 0.2) is 0 Å². The molecular weight excluding hydrogens is 250 g/mol. The lowest BCUT2D eigenvalue weighted by Crippen LogP contribution is -2.18. The van der Waals surface area contributed by atoms with Gasteiger partial charge in [0.2, 0.25) is 0 Å². The van der Waals surface area contributed by atoms with Gasteiger partial charge in [0, 0.05) is 34.5 Å². The first-order valence-corrected chi connectivity index (χ1v) is 7.53. The fraction of sp³-hybridized carbons (Fsp3) is 0.462. The van der Waals surface area contributed by atoms with E-state index in [-0.39, 0.29) is 6.04 Å². The van der Waals surface area contributed by atoms with Crippen molar-refractivity contribution >= 4 is 22.5 Å². The average Bonchev–Trinajstić information content (AvgIpc) is 2.29. The summed E-state index contributed by atoms with van der Waals surface area (Å²) < 4.78 is 11.0. The molecule has 2 atom stereocenters. The smallest absolute Gasteiger partial charge is 0.335 e. The number of aromatic carboxylic acids is 1. The largest absolute Gasteiger partial charge is 0.478 e. The van der Waals surface area contributed by atoms with E-state index in [0.29, 0.717) is 11.3 Å². The molecule has 0 spiro atoms. The molecule has 4 nitrogen and oxygen atoms in total. The van der Waals surface area contributed by atoms with Crippen molar-refractivity contribution in [1.29, 1.82) is 0 Å². The number of carboxylic acids is 1. The van der Waals surface area contributed by atoms with Crippen molar-refractivity contribution in [2.45, 2.75) is 26.3 Å². The second-order valence-electron chi connectivity index (χ2n) is 4.45. The summed E-state index contributed by atoms with van der Waals surface area (Å²) in [7, 11) is -0.777. The molecule has 2 unspecified atom stereocenters. The van der Waals surface area contributed by atoms with Crippen LogP contribution in [-0.4, -0.2) is 33.3 Å². The summed E-state index contributed by atoms with van der Waals surface area (Å²) in [6, 6.07) is 5.22. The molecule has 0 saturated heterocycles. The van der Waals surface area contributed by atoms with Gasteiger partial charge in [-0.05, 0) is 44.0 Å². The van der Waals surface area contributed by atoms with E-state index in [1.165, 1.54) is 0 Å². The Hall–Kier alpha value is -1.36. The molecule has 0 aliphatic rings. The molecule has 1 aromatic carbocycles. The van der Waals surface area contributed by atoms with Crippen LogP contribution in [0.2, 0.25) is 0 Å². The fourth-order valence-electron chi connectivity index (χ4n) is 1.64. The van der Waals surface area contributed by atoms with Crippen molar-refractivity contribution in [3.8, 4) is 0 Å². The zero-order chi connectivity index (χ0) is 13.7. The standard InChI is InChI=1S/C13H19NO3S/c1-9-8-11(13(15)16)4-5-12(9)14-10(2)6-7-18(3)17/h4-5,8,10,14H,6-7H2,1-3H3,(H,15,16). The highest BCUT2D eigenvalue weighted by Crippen LogP contribution is 2.18. The molecule has 1 rings (SSSR count). The van der Waals surface area contributed by atoms with Gasteiger partial charge in [-0.2, -0.15) is 0 Å². The van der Waals surface area contributed by atoms with E-state index in [1.807, 2.05) is 13.8 Å². The first-order chi connectivity index (χ1) is 8.40. The quantitative estimate of drug-likeness (QED) is 0.831. The zero-order valence-electron chi connectivity index (χ0n) is 10.9. The molecule has 2 N–H and O–H groups in total. The summed E-state index contributed by atoms with van der Waals surface area (Å²) in [5.41, 5.74) is 2.12. The summed E-state index contributed by atoms with van der Waals surface area (Å²) in [5.74, 6) is -0.250. The SMILES string of the molecule is Cc1cc(C(=O)O)ccc1NC(C)CCS(C)=O. The highest BCUT2D eigenvalue weighted by Gasteiger charge is 2.08. The van der Waals surface area contributed by atoms with E-state index in [4.69, 9.17) is 5.11 Å². The number of nitrogens with one attached hydrogen (secondary N) is 1. The number of rotatable bonds is 6. The lowest BCUT2D eigenvalue weighted by molar-refractivity contribution is 0.0697. The molecular formula is C13H19NO3S. The van der Waals surface area contributed by atoms with Gasteiger partial charge >= 0.3 is 5.97 Å². The first kappa shape index (κ1) is 14.7. The second kappa shape index (κ2) is 6.54. The topological polar surface area (TPSA) is 66.4 Å². The third kappa shape index (κ3) is 4.49. The van der Waals surface area contributed by atoms with Crippen molar-refractivity contribution < 1.29 is 14.1 Å². The maximum absolute atomic E-state index is 11.0. The molecule has 1 aromatic rings. The molecule has 0 heterocycles. The Labute approximate surface area is 110 Å². The van der Waals surface area contributed by atoms with Crippen LogP contribution in [0.4, 0.5) is 5.69 Å². The molecule has 0 fully saturated rings. The van der Waals surface area contributed by atoms with E-state index in [2.05, 4.69) is 5.32 Å². The Bertz CT molecular complexity index is 460. The molecule has 0 aliphatic heterocycles. The van der Waals surface area contributed by atoms with Gasteiger partial charge in [0.25, 0.3) is 0 Å². The predicted octanol–water partition coefficient (Wildman–Crippen LogP) is 2.26. The third-order valence-corrected chi connectivity index (χ3v) is 3.52. The maximum Gasteiger partial charge on any atom is 0.335 e. The molecule has 0 bridgehead atoms. The Morgan fingerprint density at radius 2 is 2.17 bits per heavy atom. The number of carbonyl (C=O) groups is 1. The highest BCUT2D eigenvalue weighted by molar-refractivity contribution is 7.84. The van der Waals surface area contributed by atoms with E-state index in [1.54, 1.807) is 24.5 Å². The normalized spacial score (nSPS) is 13.9. The molecule has 5 heteroatoms. The van der Waals surface area contributed by atoms with E-state index >= 15 is 0 Å². The van der Waals surface area contributed by atoms with E-state index in [0.717, 1.165) is 17.7 Å². The number of aryl methyl sites for hydroxylation is 1. The fourth-order valence-corrected chi connectivity index (χ4v) is 2.32. The van der Waals surface area contributed by atoms with Gasteiger partial charge < -0.3 is 10.4 Å². The summed E-state index contributed by atoms with van der Waals surface area (Å²) in [4.78, 5) is 10.8. The van der Waals surface area contributed by atoms with Gasteiger partial charge in [-0.3, -0.25) is 4.21 Å². The van der Waals surface area contributed by atoms with Gasteiger partial charge in [-0.25, -0.2) is 4.79 Å². The summed E-state index contributed by atoms with van der Waals surface area (Å²) in [6.07, 6.45) is 2.52. The number of hydrogen-bond donors (Lipinski definition) is 2. The van der Waals surface area contributed by atoms with Gasteiger partial charge in [0.05, 0.1) is 5.56 Å². The lowest BCUT2D eigenvalue weighted by Gasteiger charge is -2.16. The van der Waals surface area contributed by atoms with Gasteiger partial charge in [0.1, 0.15) is 0 Å². The Morgan fingerprint density at radius 1 is 1.50 bits per heavy atom. The van der Waals surface area contributed by atoms with Crippen molar-refractivity contribution in [1.82, 2.24) is 0 Å². The molecule has 18 heavy (non-hydrogen) atoms. The lowest BCUT2D eigenvalue weighted by atomic mass is 10.1. The van der Waals surface area contributed by atoms with Crippen molar-refractivity contribution in [2.24, 2.45) is 0 Å². The Balaban J connectivity index is 2.67. The minimum absolute atomic E-state index is 0.211. The van der Waals surface area contributed by atoms with Crippen LogP contribution in [0.25, 0.3) is 0 Å². The molecule has 0 radical (unpaired) electrons. The minimum atomic E-state index is -0.918. The van der Waals surface area contributed by atoms with Crippen LogP contribution in [0.1, 0.15) is 29.3 Å². The van der Waals surface area contributed by atoms with Crippen molar-refractivity contribution in [2.75, 3.05) is 17.3 Å². The third-order valence-electron chi connectivity index (χ3n) is 2.71. The molecule has 0 amide bonds. The first-order valence-electron chi connectivity index (χ1n) is 5.80. The highest BCUT2D eigenvalue weighted by atomic mass is 32.2. The summed E-state index contributed by atoms with van der Waals surface area (Å²) in [6.45, 7) is 3.90. The Morgan fingerprint density at radius 3 is 2.67 bits per heavy atom. The summed E-state index contributed by atoms with van der Waals surface area (Å²) in [5, 5.41) is 12.2. The van der Waals surface area contributed by atoms with Crippen molar-refractivity contribution in [3.05, 3.63) is 29.3 Å². The minimum Gasteiger partial charge on any atom is -0.478 e. The van der Waals surface area contributed by atoms with E-state index < -0.39 is 16.8 Å². The van der Waals surface area contributed by atoms with Crippen LogP contribution in [0.5, 0.6) is 0 Å². The molecule has 0 aliphatic carbocycles. The second-order valence-corrected chi connectivity index (χ2v) is 6.00. The number of hydrogen-bond acceptors (Lipinski definition) is 3. The van der Waals surface area contributed by atoms with Crippen LogP contribution in [-0.2, 0) is 10.8 Å². The van der Waals surface area contributed by atoms with E-state index in [9.17, 15) is 9.00 Å². The maximum atomic E-state index is 11.0. The van der Waals surface area contributed by atoms with Crippen LogP contribution in [0, 0.1) is 6.92 Å². The van der Waals surface area contributed by atoms with Gasteiger partial charge in [-0.1, -0.05) is 0 Å². The van der Waals surface area contributed by atoms with Crippen LogP contribution in [0.3, 0.4) is 0 Å². The van der Waals surface area contributed by atoms with Gasteiger partial charge in [-0.15, -0.1) is 0 Å². The molecule has 100 valence electrons. The zero-order valence-corrected chi connectivity index (χ0v) is 11.7. The van der Waals surface area contributed by atoms with Crippen molar-refractivity contribution in [3.63, 3.8) is 0 Å². The number of benzene rings is 1. The van der Waals surface area contributed by atoms with Crippen LogP contribution < -0.4 is 5.32 Å². The number of carboxylic acid groups (broad SMARTS) is 1. The van der Waals surface area contributed by atoms with Crippen LogP contribution in [0.15, 0.2) is 18.2 Å². The molecule has 0 aromatic heterocycles. The predicted molar refractivity (Wildman–Crippen MR) is 74.8 cm³/mol. The average molecular weight is 269 g/mol. The van der Waals surface area contributed by atoms with Crippen LogP contribution >= 0.6 is 0 Å². The Kier molecular flexibility index (Phi) is 5.34. The number of anilines is 1. The molecule has 0 saturated carbocycles. The summed E-state index contributed by atoms with van der Waals surface area (Å²) >= 11 is 0. The monoisotopic (exact) mass is 269 g/mol.